The van der Waals surface area contributed by atoms with Crippen molar-refractivity contribution in [2.75, 3.05) is 50.5 Å². The lowest BCUT2D eigenvalue weighted by atomic mass is 10.1. The van der Waals surface area contributed by atoms with Gasteiger partial charge in [-0.15, -0.1) is 0 Å². The molecule has 0 aliphatic carbocycles. The van der Waals surface area contributed by atoms with E-state index in [1.54, 1.807) is 13.8 Å². The molecule has 3 N–H and O–H groups in total. The van der Waals surface area contributed by atoms with Crippen LogP contribution in [-0.4, -0.2) is 65.7 Å². The van der Waals surface area contributed by atoms with Crippen molar-refractivity contribution in [1.29, 1.82) is 0 Å². The second-order valence-electron chi connectivity index (χ2n) is 9.62. The summed E-state index contributed by atoms with van der Waals surface area (Å²) < 4.78 is 11.0. The Kier molecular flexibility index (Phi) is 8.13. The number of carbonyl (C=O) groups is 1. The van der Waals surface area contributed by atoms with Crippen molar-refractivity contribution in [2.24, 2.45) is 0 Å². The number of nitrogens with one attached hydrogen (secondary N) is 1. The average molecular weight is 560 g/mol. The molecule has 0 bridgehead atoms. The van der Waals surface area contributed by atoms with Crippen LogP contribution in [-0.2, 0) is 11.3 Å². The lowest BCUT2D eigenvalue weighted by Crippen LogP contribution is -2.45. The van der Waals surface area contributed by atoms with Crippen LogP contribution in [0.4, 0.5) is 11.8 Å². The minimum atomic E-state index is -0.387. The van der Waals surface area contributed by atoms with E-state index in [4.69, 9.17) is 15.2 Å². The molecule has 1 aliphatic heterocycles. The van der Waals surface area contributed by atoms with Crippen LogP contribution in [0.5, 0.6) is 10.9 Å². The average Bonchev–Trinajstić information content (AvgIpc) is 3.31. The van der Waals surface area contributed by atoms with Gasteiger partial charge in [0.2, 0.25) is 5.95 Å². The number of thiazole rings is 1. The van der Waals surface area contributed by atoms with Crippen molar-refractivity contribution in [3.63, 3.8) is 0 Å². The third-order valence-electron chi connectivity index (χ3n) is 6.69. The zero-order valence-electron chi connectivity index (χ0n) is 22.9. The number of hydrogen-bond donors (Lipinski definition) is 2. The number of likely N-dealkylation sites (N-methyl/N-ethyl adjacent to an activating group) is 1. The van der Waals surface area contributed by atoms with E-state index < -0.39 is 0 Å². The molecule has 40 heavy (non-hydrogen) atoms. The van der Waals surface area contributed by atoms with Gasteiger partial charge in [0.05, 0.1) is 17.8 Å². The molecule has 0 spiro atoms. The number of nitrogens with two attached hydrogens (primary N) is 1. The summed E-state index contributed by atoms with van der Waals surface area (Å²) >= 11 is 1.17. The Balaban J connectivity index is 1.26. The number of benzene rings is 2. The van der Waals surface area contributed by atoms with E-state index in [0.717, 1.165) is 59.7 Å². The van der Waals surface area contributed by atoms with Crippen LogP contribution in [0.25, 0.3) is 16.6 Å². The lowest BCUT2D eigenvalue weighted by molar-refractivity contribution is 0.0531. The summed E-state index contributed by atoms with van der Waals surface area (Å²) in [5.41, 5.74) is 10.2. The van der Waals surface area contributed by atoms with Gasteiger partial charge in [-0.25, -0.2) is 14.8 Å². The van der Waals surface area contributed by atoms with Crippen LogP contribution in [0.3, 0.4) is 0 Å². The quantitative estimate of drug-likeness (QED) is 0.285. The molecule has 1 saturated heterocycles. The molecule has 11 heteroatoms. The number of carbonyl (C=O) groups excluding carboxylic acids is 1. The van der Waals surface area contributed by atoms with Gasteiger partial charge in [-0.2, -0.15) is 4.98 Å². The molecule has 208 valence electrons. The molecule has 0 amide bonds. The highest BCUT2D eigenvalue weighted by Gasteiger charge is 2.20. The number of aromatic nitrogens is 3. The van der Waals surface area contributed by atoms with Gasteiger partial charge in [-0.1, -0.05) is 36.1 Å². The standard InChI is InChI=1S/C29H33N7O3S/c1-5-38-27(37)25-19(3)32-29(40-25)39-22-8-6-7-20(15-22)17-31-18(2)21-9-10-23-24(16-21)33-28(30)34-26(23)36-13-11-35(4)12-14-36/h6-10,15-16,31H,2,5,11-14,17H2,1,3-4H3,(H2,30,33,34). The maximum absolute atomic E-state index is 12.1. The maximum atomic E-state index is 12.1. The predicted molar refractivity (Wildman–Crippen MR) is 159 cm³/mol. The molecule has 2 aromatic carbocycles. The zero-order chi connectivity index (χ0) is 28.2. The van der Waals surface area contributed by atoms with E-state index in [0.29, 0.717) is 34.7 Å². The molecule has 0 radical (unpaired) electrons. The highest BCUT2D eigenvalue weighted by molar-refractivity contribution is 7.15. The van der Waals surface area contributed by atoms with E-state index in [9.17, 15) is 4.79 Å². The Labute approximate surface area is 237 Å². The smallest absolute Gasteiger partial charge is 0.350 e. The van der Waals surface area contributed by atoms with Crippen molar-refractivity contribution < 1.29 is 14.3 Å². The van der Waals surface area contributed by atoms with Crippen LogP contribution in [0.1, 0.15) is 33.4 Å². The van der Waals surface area contributed by atoms with E-state index in [1.165, 1.54) is 11.3 Å². The predicted octanol–water partition coefficient (Wildman–Crippen LogP) is 4.46. The highest BCUT2D eigenvalue weighted by atomic mass is 32.1. The lowest BCUT2D eigenvalue weighted by Gasteiger charge is -2.33. The van der Waals surface area contributed by atoms with Crippen LogP contribution < -0.4 is 20.7 Å². The molecular weight excluding hydrogens is 526 g/mol. The summed E-state index contributed by atoms with van der Waals surface area (Å²) in [6.07, 6.45) is 0. The van der Waals surface area contributed by atoms with E-state index >= 15 is 0 Å². The summed E-state index contributed by atoms with van der Waals surface area (Å²) in [5.74, 6) is 1.38. The molecule has 1 aliphatic rings. The molecule has 1 fully saturated rings. The van der Waals surface area contributed by atoms with Crippen molar-refractivity contribution in [3.8, 4) is 10.9 Å². The number of hydrogen-bond acceptors (Lipinski definition) is 11. The minimum absolute atomic E-state index is 0.263. The fourth-order valence-electron chi connectivity index (χ4n) is 4.51. The van der Waals surface area contributed by atoms with Crippen LogP contribution in [0.2, 0.25) is 0 Å². The van der Waals surface area contributed by atoms with Gasteiger partial charge >= 0.3 is 5.97 Å². The summed E-state index contributed by atoms with van der Waals surface area (Å²) in [6, 6.07) is 13.8. The largest absolute Gasteiger partial charge is 0.462 e. The number of anilines is 2. The Morgan fingerprint density at radius 3 is 2.70 bits per heavy atom. The molecule has 0 saturated carbocycles. The Morgan fingerprint density at radius 1 is 1.12 bits per heavy atom. The number of aryl methyl sites for hydroxylation is 1. The summed E-state index contributed by atoms with van der Waals surface area (Å²) in [4.78, 5) is 30.5. The van der Waals surface area contributed by atoms with Crippen molar-refractivity contribution in [1.82, 2.24) is 25.2 Å². The third-order valence-corrected chi connectivity index (χ3v) is 7.71. The van der Waals surface area contributed by atoms with E-state index in [2.05, 4.69) is 43.7 Å². The molecule has 3 heterocycles. The van der Waals surface area contributed by atoms with Gasteiger partial charge in [-0.3, -0.25) is 0 Å². The number of rotatable bonds is 9. The van der Waals surface area contributed by atoms with Crippen molar-refractivity contribution in [2.45, 2.75) is 20.4 Å². The van der Waals surface area contributed by atoms with Gasteiger partial charge in [0.15, 0.2) is 0 Å². The number of fused-ring (bicyclic) bond motifs is 1. The molecule has 0 atom stereocenters. The summed E-state index contributed by atoms with van der Waals surface area (Å²) in [7, 11) is 2.13. The Morgan fingerprint density at radius 2 is 1.93 bits per heavy atom. The first-order valence-corrected chi connectivity index (χ1v) is 14.0. The van der Waals surface area contributed by atoms with Gasteiger partial charge in [0.1, 0.15) is 16.4 Å². The van der Waals surface area contributed by atoms with Gasteiger partial charge in [0, 0.05) is 43.8 Å². The number of piperazine rings is 1. The number of esters is 1. The summed E-state index contributed by atoms with van der Waals surface area (Å²) in [6.45, 7) is 12.4. The van der Waals surface area contributed by atoms with Gasteiger partial charge in [0.25, 0.3) is 5.19 Å². The molecule has 2 aromatic heterocycles. The van der Waals surface area contributed by atoms with Crippen LogP contribution in [0.15, 0.2) is 49.0 Å². The molecule has 4 aromatic rings. The number of nitrogens with zero attached hydrogens (tertiary/aromatic N) is 5. The zero-order valence-corrected chi connectivity index (χ0v) is 23.8. The van der Waals surface area contributed by atoms with Crippen molar-refractivity contribution in [3.05, 3.63) is 70.7 Å². The molecular formula is C29H33N7O3S. The first-order chi connectivity index (χ1) is 19.3. The molecule has 0 unspecified atom stereocenters. The highest BCUT2D eigenvalue weighted by Crippen LogP contribution is 2.31. The van der Waals surface area contributed by atoms with Crippen LogP contribution >= 0.6 is 11.3 Å². The van der Waals surface area contributed by atoms with Crippen molar-refractivity contribution >= 4 is 45.7 Å². The second-order valence-corrected chi connectivity index (χ2v) is 10.6. The Hall–Kier alpha value is -4.22. The fourth-order valence-corrected chi connectivity index (χ4v) is 5.34. The minimum Gasteiger partial charge on any atom is -0.462 e. The van der Waals surface area contributed by atoms with Gasteiger partial charge in [-0.05, 0) is 56.3 Å². The van der Waals surface area contributed by atoms with Crippen LogP contribution in [0, 0.1) is 6.92 Å². The monoisotopic (exact) mass is 559 g/mol. The van der Waals surface area contributed by atoms with E-state index in [-0.39, 0.29) is 11.9 Å². The topological polar surface area (TPSA) is 119 Å². The Bertz CT molecular complexity index is 1550. The van der Waals surface area contributed by atoms with E-state index in [1.807, 2.05) is 42.5 Å². The maximum Gasteiger partial charge on any atom is 0.350 e. The first kappa shape index (κ1) is 27.4. The SMILES string of the molecule is C=C(NCc1cccc(Oc2nc(C)c(C(=O)OCC)s2)c1)c1ccc2c(N3CCN(C)CC3)nc(N)nc2c1. The van der Waals surface area contributed by atoms with Gasteiger partial charge < -0.3 is 30.3 Å². The first-order valence-electron chi connectivity index (χ1n) is 13.2. The number of nitrogen functional groups attached to an aromatic ring is 1. The third kappa shape index (κ3) is 6.16. The normalized spacial score (nSPS) is 13.8. The number of ether oxygens (including phenoxy) is 2. The molecule has 5 rings (SSSR count). The summed E-state index contributed by atoms with van der Waals surface area (Å²) in [5, 5.41) is 4.76. The fraction of sp³-hybridized carbons (Fsp3) is 0.310. The molecule has 10 nitrogen and oxygen atoms in total. The second kappa shape index (κ2) is 11.9.